The molecule has 7 heteroatoms. The molecule has 0 atom stereocenters. The van der Waals surface area contributed by atoms with Gasteiger partial charge in [-0.2, -0.15) is 0 Å². The Morgan fingerprint density at radius 2 is 1.76 bits per heavy atom. The summed E-state index contributed by atoms with van der Waals surface area (Å²) in [5, 5.41) is 3.65. The van der Waals surface area contributed by atoms with Gasteiger partial charge in [0.25, 0.3) is 0 Å². The highest BCUT2D eigenvalue weighted by molar-refractivity contribution is 6.44. The van der Waals surface area contributed by atoms with E-state index in [4.69, 9.17) is 39.2 Å². The standard InChI is InChI=1S/C18H13Cl3N2O2/c1-10-15(23-18(25-10)11-5-3-2-4-6-11)9-17(24)22-16-8-13(20)12(19)7-14(16)21/h2-8H,9H2,1H3,(H,22,24). The predicted octanol–water partition coefficient (Wildman–Crippen LogP) is 5.79. The van der Waals surface area contributed by atoms with Gasteiger partial charge < -0.3 is 9.73 Å². The Labute approximate surface area is 159 Å². The molecule has 0 bridgehead atoms. The van der Waals surface area contributed by atoms with E-state index >= 15 is 0 Å². The number of hydrogen-bond donors (Lipinski definition) is 1. The maximum Gasteiger partial charge on any atom is 0.230 e. The summed E-state index contributed by atoms with van der Waals surface area (Å²) in [5.74, 6) is 0.791. The number of nitrogens with one attached hydrogen (secondary N) is 1. The molecule has 2 aromatic carbocycles. The van der Waals surface area contributed by atoms with Crippen molar-refractivity contribution in [1.29, 1.82) is 0 Å². The zero-order valence-corrected chi connectivity index (χ0v) is 15.4. The van der Waals surface area contributed by atoms with Crippen molar-refractivity contribution in [2.75, 3.05) is 5.32 Å². The molecule has 0 spiro atoms. The van der Waals surface area contributed by atoms with Crippen LogP contribution in [0.5, 0.6) is 0 Å². The van der Waals surface area contributed by atoms with Gasteiger partial charge in [0, 0.05) is 5.56 Å². The zero-order chi connectivity index (χ0) is 18.0. The van der Waals surface area contributed by atoms with Crippen LogP contribution in [0.2, 0.25) is 15.1 Å². The molecule has 3 aromatic rings. The van der Waals surface area contributed by atoms with Crippen molar-refractivity contribution in [3.05, 3.63) is 69.0 Å². The number of amides is 1. The van der Waals surface area contributed by atoms with Crippen molar-refractivity contribution in [1.82, 2.24) is 4.98 Å². The van der Waals surface area contributed by atoms with Crippen LogP contribution in [0.25, 0.3) is 11.5 Å². The van der Waals surface area contributed by atoms with Gasteiger partial charge in [-0.3, -0.25) is 4.79 Å². The molecular formula is C18H13Cl3N2O2. The summed E-state index contributed by atoms with van der Waals surface area (Å²) in [7, 11) is 0. The molecule has 0 saturated carbocycles. The Bertz CT molecular complexity index is 924. The average molecular weight is 396 g/mol. The summed E-state index contributed by atoms with van der Waals surface area (Å²) >= 11 is 17.9. The van der Waals surface area contributed by atoms with Gasteiger partial charge >= 0.3 is 0 Å². The molecule has 0 aliphatic rings. The summed E-state index contributed by atoms with van der Waals surface area (Å²) in [4.78, 5) is 16.7. The van der Waals surface area contributed by atoms with E-state index in [0.717, 1.165) is 5.56 Å². The summed E-state index contributed by atoms with van der Waals surface area (Å²) in [6, 6.07) is 12.5. The highest BCUT2D eigenvalue weighted by Gasteiger charge is 2.16. The number of aromatic nitrogens is 1. The van der Waals surface area contributed by atoms with E-state index in [9.17, 15) is 4.79 Å². The third-order valence-electron chi connectivity index (χ3n) is 3.53. The lowest BCUT2D eigenvalue weighted by Gasteiger charge is -2.08. The van der Waals surface area contributed by atoms with Crippen molar-refractivity contribution in [3.63, 3.8) is 0 Å². The molecule has 1 amide bonds. The zero-order valence-electron chi connectivity index (χ0n) is 13.1. The Balaban J connectivity index is 1.76. The summed E-state index contributed by atoms with van der Waals surface area (Å²) in [5.41, 5.74) is 1.81. The van der Waals surface area contributed by atoms with E-state index in [1.54, 1.807) is 6.92 Å². The van der Waals surface area contributed by atoms with Crippen molar-refractivity contribution < 1.29 is 9.21 Å². The van der Waals surface area contributed by atoms with Crippen LogP contribution < -0.4 is 5.32 Å². The summed E-state index contributed by atoms with van der Waals surface area (Å²) in [6.07, 6.45) is 0.0543. The number of oxazole rings is 1. The highest BCUT2D eigenvalue weighted by atomic mass is 35.5. The molecule has 0 saturated heterocycles. The van der Waals surface area contributed by atoms with Crippen LogP contribution in [-0.2, 0) is 11.2 Å². The lowest BCUT2D eigenvalue weighted by Crippen LogP contribution is -2.15. The average Bonchev–Trinajstić information content (AvgIpc) is 2.94. The number of hydrogen-bond acceptors (Lipinski definition) is 3. The number of halogens is 3. The first kappa shape index (κ1) is 17.8. The van der Waals surface area contributed by atoms with E-state index in [-0.39, 0.29) is 12.3 Å². The predicted molar refractivity (Wildman–Crippen MR) is 100 cm³/mol. The molecule has 0 aliphatic heterocycles. The van der Waals surface area contributed by atoms with E-state index in [1.165, 1.54) is 12.1 Å². The third-order valence-corrected chi connectivity index (χ3v) is 4.56. The molecule has 0 aliphatic carbocycles. The molecule has 0 unspecified atom stereocenters. The lowest BCUT2D eigenvalue weighted by atomic mass is 10.2. The van der Waals surface area contributed by atoms with Gasteiger partial charge in [-0.25, -0.2) is 4.98 Å². The summed E-state index contributed by atoms with van der Waals surface area (Å²) < 4.78 is 5.65. The second-order valence-corrected chi connectivity index (χ2v) is 6.58. The molecule has 1 heterocycles. The monoisotopic (exact) mass is 394 g/mol. The maximum absolute atomic E-state index is 12.3. The molecule has 1 N–H and O–H groups in total. The first-order valence-corrected chi connectivity index (χ1v) is 8.53. The van der Waals surface area contributed by atoms with Crippen LogP contribution in [0, 0.1) is 6.92 Å². The Morgan fingerprint density at radius 1 is 1.08 bits per heavy atom. The molecule has 25 heavy (non-hydrogen) atoms. The van der Waals surface area contributed by atoms with Crippen molar-refractivity contribution in [2.24, 2.45) is 0 Å². The fourth-order valence-corrected chi connectivity index (χ4v) is 2.86. The van der Waals surface area contributed by atoms with Gasteiger partial charge in [-0.15, -0.1) is 0 Å². The second-order valence-electron chi connectivity index (χ2n) is 5.36. The fraction of sp³-hybridized carbons (Fsp3) is 0.111. The number of nitrogens with zero attached hydrogens (tertiary/aromatic N) is 1. The second kappa shape index (κ2) is 7.48. The Morgan fingerprint density at radius 3 is 2.48 bits per heavy atom. The third kappa shape index (κ3) is 4.15. The van der Waals surface area contributed by atoms with Gasteiger partial charge in [0.15, 0.2) is 0 Å². The fourth-order valence-electron chi connectivity index (χ4n) is 2.26. The summed E-state index contributed by atoms with van der Waals surface area (Å²) in [6.45, 7) is 1.77. The number of carbonyl (C=O) groups is 1. The van der Waals surface area contributed by atoms with Gasteiger partial charge in [-0.1, -0.05) is 53.0 Å². The molecule has 1 aromatic heterocycles. The molecular weight excluding hydrogens is 383 g/mol. The molecule has 0 radical (unpaired) electrons. The number of benzene rings is 2. The minimum Gasteiger partial charge on any atom is -0.441 e. The maximum atomic E-state index is 12.3. The normalized spacial score (nSPS) is 10.7. The van der Waals surface area contributed by atoms with Gasteiger partial charge in [0.2, 0.25) is 11.8 Å². The van der Waals surface area contributed by atoms with Crippen molar-refractivity contribution >= 4 is 46.4 Å². The van der Waals surface area contributed by atoms with Crippen LogP contribution >= 0.6 is 34.8 Å². The van der Waals surface area contributed by atoms with Crippen LogP contribution in [0.4, 0.5) is 5.69 Å². The van der Waals surface area contributed by atoms with Crippen molar-refractivity contribution in [2.45, 2.75) is 13.3 Å². The van der Waals surface area contributed by atoms with E-state index < -0.39 is 0 Å². The number of aryl methyl sites for hydroxylation is 1. The van der Waals surface area contributed by atoms with Crippen molar-refractivity contribution in [3.8, 4) is 11.5 Å². The number of anilines is 1. The molecule has 128 valence electrons. The van der Waals surface area contributed by atoms with Crippen LogP contribution in [0.3, 0.4) is 0 Å². The van der Waals surface area contributed by atoms with Crippen LogP contribution in [0.15, 0.2) is 46.9 Å². The van der Waals surface area contributed by atoms with E-state index in [1.807, 2.05) is 30.3 Å². The number of carbonyl (C=O) groups excluding carboxylic acids is 1. The molecule has 0 fully saturated rings. The lowest BCUT2D eigenvalue weighted by molar-refractivity contribution is -0.115. The van der Waals surface area contributed by atoms with Gasteiger partial charge in [0.05, 0.1) is 32.9 Å². The SMILES string of the molecule is Cc1oc(-c2ccccc2)nc1CC(=O)Nc1cc(Cl)c(Cl)cc1Cl. The largest absolute Gasteiger partial charge is 0.441 e. The van der Waals surface area contributed by atoms with Crippen LogP contribution in [-0.4, -0.2) is 10.9 Å². The molecule has 3 rings (SSSR count). The van der Waals surface area contributed by atoms with Crippen LogP contribution in [0.1, 0.15) is 11.5 Å². The quantitative estimate of drug-likeness (QED) is 0.569. The first-order chi connectivity index (χ1) is 11.9. The van der Waals surface area contributed by atoms with Gasteiger partial charge in [0.1, 0.15) is 5.76 Å². The van der Waals surface area contributed by atoms with E-state index in [2.05, 4.69) is 10.3 Å². The minimum atomic E-state index is -0.281. The Kier molecular flexibility index (Phi) is 5.33. The van der Waals surface area contributed by atoms with Gasteiger partial charge in [-0.05, 0) is 31.2 Å². The van der Waals surface area contributed by atoms with E-state index in [0.29, 0.717) is 38.1 Å². The molecule has 4 nitrogen and oxygen atoms in total. The Hall–Kier alpha value is -2.01. The first-order valence-electron chi connectivity index (χ1n) is 7.40. The highest BCUT2D eigenvalue weighted by Crippen LogP contribution is 2.32. The minimum absolute atomic E-state index is 0.0543. The number of rotatable bonds is 4. The smallest absolute Gasteiger partial charge is 0.230 e. The topological polar surface area (TPSA) is 55.1 Å².